The van der Waals surface area contributed by atoms with E-state index in [4.69, 9.17) is 0 Å². The van der Waals surface area contributed by atoms with E-state index >= 15 is 0 Å². The molecule has 3 heterocycles. The third-order valence-corrected chi connectivity index (χ3v) is 6.69. The number of amides is 2. The van der Waals surface area contributed by atoms with Crippen LogP contribution in [0.2, 0.25) is 0 Å². The maximum Gasteiger partial charge on any atom is 0.244 e. The summed E-state index contributed by atoms with van der Waals surface area (Å²) in [6, 6.07) is 14.5. The smallest absolute Gasteiger partial charge is 0.244 e. The van der Waals surface area contributed by atoms with Gasteiger partial charge in [0.05, 0.1) is 5.41 Å². The van der Waals surface area contributed by atoms with E-state index in [0.717, 1.165) is 5.56 Å². The molecule has 1 aliphatic heterocycles. The number of benzene rings is 1. The van der Waals surface area contributed by atoms with Gasteiger partial charge in [-0.2, -0.15) is 5.10 Å². The number of hydrogen-bond acceptors (Lipinski definition) is 4. The molecule has 31 heavy (non-hydrogen) atoms. The monoisotopic (exact) mass is 436 g/mol. The van der Waals surface area contributed by atoms with E-state index in [1.807, 2.05) is 24.8 Å². The van der Waals surface area contributed by atoms with Crippen LogP contribution in [0.25, 0.3) is 10.4 Å². The van der Waals surface area contributed by atoms with Gasteiger partial charge in [0.2, 0.25) is 11.8 Å². The van der Waals surface area contributed by atoms with Crippen molar-refractivity contribution in [3.63, 3.8) is 0 Å². The molecule has 3 aromatic rings. The van der Waals surface area contributed by atoms with E-state index in [1.165, 1.54) is 10.4 Å². The molecule has 1 fully saturated rings. The number of rotatable bonds is 7. The van der Waals surface area contributed by atoms with Crippen molar-refractivity contribution >= 4 is 23.2 Å². The average molecular weight is 437 g/mol. The summed E-state index contributed by atoms with van der Waals surface area (Å²) < 4.78 is 1.62. The van der Waals surface area contributed by atoms with Crippen molar-refractivity contribution in [1.29, 1.82) is 0 Å². The van der Waals surface area contributed by atoms with Gasteiger partial charge in [-0.25, -0.2) is 0 Å². The molecule has 6 nitrogen and oxygen atoms in total. The van der Waals surface area contributed by atoms with E-state index in [2.05, 4.69) is 46.1 Å². The second kappa shape index (κ2) is 9.06. The van der Waals surface area contributed by atoms with Gasteiger partial charge in [-0.1, -0.05) is 30.3 Å². The Bertz CT molecular complexity index is 1010. The number of carbonyl (C=O) groups is 2. The first-order valence-electron chi connectivity index (χ1n) is 10.6. The van der Waals surface area contributed by atoms with Gasteiger partial charge in [0.15, 0.2) is 0 Å². The second-order valence-corrected chi connectivity index (χ2v) is 9.48. The molecule has 1 N–H and O–H groups in total. The van der Waals surface area contributed by atoms with Gasteiger partial charge >= 0.3 is 0 Å². The van der Waals surface area contributed by atoms with Crippen LogP contribution in [-0.2, 0) is 22.6 Å². The number of aromatic nitrogens is 2. The first kappa shape index (κ1) is 21.3. The van der Waals surface area contributed by atoms with Gasteiger partial charge in [-0.05, 0) is 55.3 Å². The second-order valence-electron chi connectivity index (χ2n) is 8.53. The molecule has 2 amide bonds. The maximum atomic E-state index is 13.3. The molecule has 2 aromatic heterocycles. The van der Waals surface area contributed by atoms with Crippen LogP contribution < -0.4 is 5.32 Å². The Balaban J connectivity index is 1.51. The van der Waals surface area contributed by atoms with Gasteiger partial charge in [-0.15, -0.1) is 11.3 Å². The summed E-state index contributed by atoms with van der Waals surface area (Å²) >= 11 is 1.72. The fourth-order valence-electron chi connectivity index (χ4n) is 4.16. The molecule has 7 heteroatoms. The molecule has 1 atom stereocenters. The van der Waals surface area contributed by atoms with E-state index in [9.17, 15) is 9.59 Å². The molecule has 0 saturated carbocycles. The Morgan fingerprint density at radius 2 is 2.00 bits per heavy atom. The zero-order chi connectivity index (χ0) is 21.8. The van der Waals surface area contributed by atoms with Crippen LogP contribution in [0.4, 0.5) is 0 Å². The lowest BCUT2D eigenvalue weighted by Crippen LogP contribution is -2.47. The Labute approximate surface area is 186 Å². The number of carbonyl (C=O) groups excluding carboxylic acids is 2. The number of nitrogens with one attached hydrogen (secondary N) is 1. The van der Waals surface area contributed by atoms with Crippen molar-refractivity contribution in [2.75, 3.05) is 13.1 Å². The van der Waals surface area contributed by atoms with Crippen molar-refractivity contribution < 1.29 is 9.59 Å². The fourth-order valence-corrected chi connectivity index (χ4v) is 4.90. The van der Waals surface area contributed by atoms with Crippen molar-refractivity contribution in [1.82, 2.24) is 20.0 Å². The lowest BCUT2D eigenvalue weighted by molar-refractivity contribution is -0.134. The molecule has 4 rings (SSSR count). The molecular formula is C24H28N4O2S. The Kier molecular flexibility index (Phi) is 6.23. The number of likely N-dealkylation sites (tertiary alicyclic amines) is 1. The predicted molar refractivity (Wildman–Crippen MR) is 123 cm³/mol. The van der Waals surface area contributed by atoms with Gasteiger partial charge in [0.25, 0.3) is 0 Å². The van der Waals surface area contributed by atoms with Gasteiger partial charge in [0.1, 0.15) is 6.54 Å². The summed E-state index contributed by atoms with van der Waals surface area (Å²) in [5.41, 5.74) is 1.68. The van der Waals surface area contributed by atoms with Crippen LogP contribution in [0.15, 0.2) is 60.2 Å². The molecule has 0 unspecified atom stereocenters. The minimum Gasteiger partial charge on any atom is -0.353 e. The Morgan fingerprint density at radius 3 is 2.65 bits per heavy atom. The topological polar surface area (TPSA) is 67.2 Å². The van der Waals surface area contributed by atoms with Gasteiger partial charge in [-0.3, -0.25) is 14.3 Å². The van der Waals surface area contributed by atoms with E-state index < -0.39 is 5.41 Å². The standard InChI is InChI=1S/C24H28N4O2S/c1-18(2)26-23(30)24(10-13-27(17-24)22(29)16-28-12-4-11-25-28)15-19-6-8-20(9-7-19)21-5-3-14-31-21/h3-9,11-12,14,18H,10,13,15-17H2,1-2H3,(H,26,30)/t24-/m0/s1. The normalized spacial score (nSPS) is 18.5. The zero-order valence-electron chi connectivity index (χ0n) is 18.0. The van der Waals surface area contributed by atoms with Crippen LogP contribution in [-0.4, -0.2) is 45.6 Å². The highest BCUT2D eigenvalue weighted by Crippen LogP contribution is 2.36. The first-order valence-corrected chi connectivity index (χ1v) is 11.5. The summed E-state index contributed by atoms with van der Waals surface area (Å²) in [5, 5.41) is 9.29. The fraction of sp³-hybridized carbons (Fsp3) is 0.375. The zero-order valence-corrected chi connectivity index (χ0v) is 18.8. The Hall–Kier alpha value is -2.93. The summed E-state index contributed by atoms with van der Waals surface area (Å²) in [4.78, 5) is 29.1. The van der Waals surface area contributed by atoms with Crippen LogP contribution >= 0.6 is 11.3 Å². The van der Waals surface area contributed by atoms with E-state index in [-0.39, 0.29) is 24.4 Å². The lowest BCUT2D eigenvalue weighted by atomic mass is 9.79. The van der Waals surface area contributed by atoms with Gasteiger partial charge < -0.3 is 10.2 Å². The predicted octanol–water partition coefficient (Wildman–Crippen LogP) is 3.60. The highest BCUT2D eigenvalue weighted by Gasteiger charge is 2.46. The first-order chi connectivity index (χ1) is 14.9. The minimum atomic E-state index is -0.617. The summed E-state index contributed by atoms with van der Waals surface area (Å²) in [6.45, 7) is 5.15. The quantitative estimate of drug-likeness (QED) is 0.615. The summed E-state index contributed by atoms with van der Waals surface area (Å²) in [6.07, 6.45) is 4.71. The summed E-state index contributed by atoms with van der Waals surface area (Å²) in [7, 11) is 0. The highest BCUT2D eigenvalue weighted by atomic mass is 32.1. The third-order valence-electron chi connectivity index (χ3n) is 5.77. The van der Waals surface area contributed by atoms with Crippen molar-refractivity contribution in [3.05, 3.63) is 65.8 Å². The van der Waals surface area contributed by atoms with Gasteiger partial charge in [0, 0.05) is 36.4 Å². The molecule has 0 bridgehead atoms. The number of nitrogens with zero attached hydrogens (tertiary/aromatic N) is 3. The highest BCUT2D eigenvalue weighted by molar-refractivity contribution is 7.13. The van der Waals surface area contributed by atoms with Crippen molar-refractivity contribution in [2.24, 2.45) is 5.41 Å². The third kappa shape index (κ3) is 4.88. The molecule has 162 valence electrons. The van der Waals surface area contributed by atoms with Crippen molar-refractivity contribution in [2.45, 2.75) is 39.3 Å². The molecule has 0 aliphatic carbocycles. The number of hydrogen-bond donors (Lipinski definition) is 1. The largest absolute Gasteiger partial charge is 0.353 e. The number of thiophene rings is 1. The molecular weight excluding hydrogens is 408 g/mol. The van der Waals surface area contributed by atoms with Crippen LogP contribution in [0, 0.1) is 5.41 Å². The average Bonchev–Trinajstić information content (AvgIpc) is 3.51. The van der Waals surface area contributed by atoms with E-state index in [1.54, 1.807) is 34.5 Å². The lowest BCUT2D eigenvalue weighted by Gasteiger charge is -2.29. The van der Waals surface area contributed by atoms with Crippen LogP contribution in [0.1, 0.15) is 25.8 Å². The summed E-state index contributed by atoms with van der Waals surface area (Å²) in [5.74, 6) is 0.0233. The van der Waals surface area contributed by atoms with E-state index in [0.29, 0.717) is 25.9 Å². The molecule has 0 spiro atoms. The molecule has 0 radical (unpaired) electrons. The molecule has 1 aliphatic rings. The van der Waals surface area contributed by atoms with Crippen molar-refractivity contribution in [3.8, 4) is 10.4 Å². The van der Waals surface area contributed by atoms with Crippen LogP contribution in [0.3, 0.4) is 0 Å². The minimum absolute atomic E-state index is 0.00374. The Morgan fingerprint density at radius 1 is 1.19 bits per heavy atom. The SMILES string of the molecule is CC(C)NC(=O)[C@]1(Cc2ccc(-c3cccs3)cc2)CCN(C(=O)Cn2cccn2)C1. The molecule has 1 aromatic carbocycles. The van der Waals surface area contributed by atoms with Crippen LogP contribution in [0.5, 0.6) is 0 Å². The maximum absolute atomic E-state index is 13.3. The molecule has 1 saturated heterocycles.